The lowest BCUT2D eigenvalue weighted by molar-refractivity contribution is -0.116. The van der Waals surface area contributed by atoms with E-state index in [1.165, 1.54) is 0 Å². The third-order valence-electron chi connectivity index (χ3n) is 3.90. The van der Waals surface area contributed by atoms with Crippen molar-refractivity contribution in [3.05, 3.63) is 35.4 Å². The molecule has 0 atom stereocenters. The van der Waals surface area contributed by atoms with Gasteiger partial charge >= 0.3 is 0 Å². The van der Waals surface area contributed by atoms with Crippen molar-refractivity contribution < 1.29 is 13.6 Å². The Bertz CT molecular complexity index is 874. The first kappa shape index (κ1) is 16.0. The molecule has 0 aliphatic rings. The summed E-state index contributed by atoms with van der Waals surface area (Å²) in [6.45, 7) is 5.60. The molecule has 0 fully saturated rings. The maximum absolute atomic E-state index is 12.1. The number of hydrogen-bond acceptors (Lipinski definition) is 6. The second-order valence-corrected chi connectivity index (χ2v) is 5.61. The molecule has 0 aliphatic heterocycles. The fraction of sp³-hybridized carbons (Fsp3) is 0.375. The molecular weight excluding hydrogens is 310 g/mol. The van der Waals surface area contributed by atoms with E-state index in [9.17, 15) is 4.79 Å². The van der Waals surface area contributed by atoms with Gasteiger partial charge in [-0.1, -0.05) is 0 Å². The fourth-order valence-electron chi connectivity index (χ4n) is 2.45. The normalized spacial score (nSPS) is 11.0. The van der Waals surface area contributed by atoms with E-state index in [0.29, 0.717) is 24.0 Å². The van der Waals surface area contributed by atoms with Crippen LogP contribution in [0.25, 0.3) is 11.5 Å². The second-order valence-electron chi connectivity index (χ2n) is 5.61. The maximum Gasteiger partial charge on any atom is 0.251 e. The largest absolute Gasteiger partial charge is 0.469 e. The van der Waals surface area contributed by atoms with Gasteiger partial charge in [0.25, 0.3) is 5.89 Å². The molecule has 3 aromatic rings. The number of anilines is 1. The number of carbonyl (C=O) groups is 1. The minimum absolute atomic E-state index is 0.117. The summed E-state index contributed by atoms with van der Waals surface area (Å²) < 4.78 is 12.5. The van der Waals surface area contributed by atoms with E-state index >= 15 is 0 Å². The van der Waals surface area contributed by atoms with Crippen LogP contribution in [0, 0.1) is 20.8 Å². The predicted molar refractivity (Wildman–Crippen MR) is 86.4 cm³/mol. The van der Waals surface area contributed by atoms with Gasteiger partial charge in [-0.25, -0.2) is 0 Å². The van der Waals surface area contributed by atoms with Gasteiger partial charge in [-0.05, 0) is 26.8 Å². The number of aryl methyl sites for hydroxylation is 4. The number of aromatic nitrogens is 4. The quantitative estimate of drug-likeness (QED) is 0.772. The molecule has 24 heavy (non-hydrogen) atoms. The van der Waals surface area contributed by atoms with Crippen LogP contribution in [0.2, 0.25) is 0 Å². The van der Waals surface area contributed by atoms with E-state index in [-0.39, 0.29) is 12.3 Å². The number of nitrogens with one attached hydrogen (secondary N) is 1. The van der Waals surface area contributed by atoms with Crippen molar-refractivity contribution >= 4 is 11.6 Å². The van der Waals surface area contributed by atoms with Crippen LogP contribution in [0.1, 0.15) is 29.5 Å². The highest BCUT2D eigenvalue weighted by Gasteiger charge is 2.15. The van der Waals surface area contributed by atoms with E-state index < -0.39 is 0 Å². The zero-order chi connectivity index (χ0) is 17.3. The molecule has 0 saturated heterocycles. The summed E-state index contributed by atoms with van der Waals surface area (Å²) in [5.74, 6) is 1.41. The van der Waals surface area contributed by atoms with Crippen molar-refractivity contribution in [2.75, 3.05) is 5.32 Å². The van der Waals surface area contributed by atoms with Gasteiger partial charge in [0.1, 0.15) is 5.76 Å². The second kappa shape index (κ2) is 6.31. The Balaban J connectivity index is 1.61. The Morgan fingerprint density at radius 1 is 1.29 bits per heavy atom. The number of rotatable bonds is 5. The van der Waals surface area contributed by atoms with Crippen LogP contribution in [0.3, 0.4) is 0 Å². The first-order valence-electron chi connectivity index (χ1n) is 7.62. The van der Waals surface area contributed by atoms with Gasteiger partial charge in [0.15, 0.2) is 0 Å². The van der Waals surface area contributed by atoms with Gasteiger partial charge in [-0.15, -0.1) is 10.2 Å². The lowest BCUT2D eigenvalue weighted by atomic mass is 10.2. The Morgan fingerprint density at radius 2 is 2.08 bits per heavy atom. The Kier molecular flexibility index (Phi) is 4.20. The van der Waals surface area contributed by atoms with Crippen molar-refractivity contribution in [2.24, 2.45) is 7.05 Å². The summed E-state index contributed by atoms with van der Waals surface area (Å²) in [4.78, 5) is 12.1. The highest BCUT2D eigenvalue weighted by Crippen LogP contribution is 2.23. The lowest BCUT2D eigenvalue weighted by Gasteiger charge is -2.04. The first-order valence-corrected chi connectivity index (χ1v) is 7.62. The van der Waals surface area contributed by atoms with Crippen molar-refractivity contribution in [2.45, 2.75) is 33.6 Å². The number of amides is 1. The van der Waals surface area contributed by atoms with Crippen LogP contribution in [-0.4, -0.2) is 25.9 Å². The van der Waals surface area contributed by atoms with Crippen LogP contribution < -0.4 is 5.32 Å². The number of furan rings is 1. The smallest absolute Gasteiger partial charge is 0.251 e. The molecule has 3 rings (SSSR count). The van der Waals surface area contributed by atoms with E-state index in [0.717, 1.165) is 22.6 Å². The molecule has 0 spiro atoms. The molecule has 0 radical (unpaired) electrons. The van der Waals surface area contributed by atoms with Crippen LogP contribution in [-0.2, 0) is 18.3 Å². The Morgan fingerprint density at radius 3 is 2.71 bits per heavy atom. The van der Waals surface area contributed by atoms with Crippen molar-refractivity contribution in [1.82, 2.24) is 20.0 Å². The number of hydrogen-bond donors (Lipinski definition) is 1. The highest BCUT2D eigenvalue weighted by molar-refractivity contribution is 5.91. The van der Waals surface area contributed by atoms with Crippen molar-refractivity contribution in [1.29, 1.82) is 0 Å². The van der Waals surface area contributed by atoms with Crippen LogP contribution in [0.15, 0.2) is 21.2 Å². The average Bonchev–Trinajstić information content (AvgIpc) is 3.22. The van der Waals surface area contributed by atoms with Crippen LogP contribution >= 0.6 is 0 Å². The molecule has 126 valence electrons. The van der Waals surface area contributed by atoms with Crippen LogP contribution in [0.4, 0.5) is 5.69 Å². The molecule has 0 aliphatic carbocycles. The van der Waals surface area contributed by atoms with Gasteiger partial charge < -0.3 is 14.2 Å². The molecule has 1 amide bonds. The zero-order valence-electron chi connectivity index (χ0n) is 14.1. The SMILES string of the molecule is Cc1nn(C)c(C)c1NC(=O)CCc1nnc(-c2ccoc2C)o1. The summed E-state index contributed by atoms with van der Waals surface area (Å²) >= 11 is 0. The molecular formula is C16H19N5O3. The average molecular weight is 329 g/mol. The Labute approximate surface area is 138 Å². The van der Waals surface area contributed by atoms with Gasteiger partial charge in [0, 0.05) is 19.9 Å². The van der Waals surface area contributed by atoms with E-state index in [4.69, 9.17) is 8.83 Å². The summed E-state index contributed by atoms with van der Waals surface area (Å²) in [6.07, 6.45) is 2.19. The molecule has 8 heteroatoms. The van der Waals surface area contributed by atoms with Gasteiger partial charge in [0.2, 0.25) is 11.8 Å². The molecule has 0 aromatic carbocycles. The van der Waals surface area contributed by atoms with E-state index in [1.807, 2.05) is 27.8 Å². The van der Waals surface area contributed by atoms with Crippen LogP contribution in [0.5, 0.6) is 0 Å². The highest BCUT2D eigenvalue weighted by atomic mass is 16.4. The minimum Gasteiger partial charge on any atom is -0.469 e. The van der Waals surface area contributed by atoms with E-state index in [2.05, 4.69) is 20.6 Å². The topological polar surface area (TPSA) is 99.0 Å². The van der Waals surface area contributed by atoms with Crippen molar-refractivity contribution in [3.8, 4) is 11.5 Å². The molecule has 3 heterocycles. The molecule has 0 saturated carbocycles. The molecule has 0 unspecified atom stereocenters. The van der Waals surface area contributed by atoms with E-state index in [1.54, 1.807) is 17.0 Å². The lowest BCUT2D eigenvalue weighted by Crippen LogP contribution is -2.13. The maximum atomic E-state index is 12.1. The number of carbonyl (C=O) groups excluding carboxylic acids is 1. The predicted octanol–water partition coefficient (Wildman–Crippen LogP) is 2.56. The monoisotopic (exact) mass is 329 g/mol. The first-order chi connectivity index (χ1) is 11.5. The molecule has 1 N–H and O–H groups in total. The van der Waals surface area contributed by atoms with Gasteiger partial charge in [0.05, 0.1) is 28.9 Å². The standard InChI is InChI=1S/C16H19N5O3/c1-9-15(10(2)21(4)20-9)17-13(22)5-6-14-18-19-16(24-14)12-7-8-23-11(12)3/h7-8H,5-6H2,1-4H3,(H,17,22). The number of nitrogens with zero attached hydrogens (tertiary/aromatic N) is 4. The molecule has 8 nitrogen and oxygen atoms in total. The van der Waals surface area contributed by atoms with Gasteiger partial charge in [-0.3, -0.25) is 9.48 Å². The summed E-state index contributed by atoms with van der Waals surface area (Å²) in [6, 6.07) is 1.77. The minimum atomic E-state index is -0.117. The summed E-state index contributed by atoms with van der Waals surface area (Å²) in [5, 5.41) is 15.1. The zero-order valence-corrected chi connectivity index (χ0v) is 14.1. The van der Waals surface area contributed by atoms with Crippen molar-refractivity contribution in [3.63, 3.8) is 0 Å². The Hall–Kier alpha value is -2.90. The summed E-state index contributed by atoms with van der Waals surface area (Å²) in [5.41, 5.74) is 3.22. The molecule has 0 bridgehead atoms. The van der Waals surface area contributed by atoms with Gasteiger partial charge in [-0.2, -0.15) is 5.10 Å². The molecule has 3 aromatic heterocycles. The third-order valence-corrected chi connectivity index (χ3v) is 3.90. The third kappa shape index (κ3) is 3.08. The fourth-order valence-corrected chi connectivity index (χ4v) is 2.45. The summed E-state index contributed by atoms with van der Waals surface area (Å²) in [7, 11) is 1.84.